The summed E-state index contributed by atoms with van der Waals surface area (Å²) in [4.78, 5) is 24.8. The number of amides is 1. The normalized spacial score (nSPS) is 11.8. The van der Waals surface area contributed by atoms with E-state index in [1.807, 2.05) is 0 Å². The number of halogens is 1. The number of anilines is 1. The molecule has 1 aromatic rings. The molecule has 0 spiro atoms. The number of rotatable bonds is 5. The number of carbonyl (C=O) groups excluding carboxylic acids is 2. The molecule has 1 amide bonds. The van der Waals surface area contributed by atoms with Gasteiger partial charge < -0.3 is 15.4 Å². The summed E-state index contributed by atoms with van der Waals surface area (Å²) in [7, 11) is 0. The summed E-state index contributed by atoms with van der Waals surface area (Å²) in [6.07, 6.45) is 0. The standard InChI is InChI=1S/C13H17FN2O3/c1-3-16(10-7-5-9(14)6-8-10)12(17)11(15)13(18)19-4-2/h5-8,11H,3-4,15H2,1-2H3. The fourth-order valence-electron chi connectivity index (χ4n) is 1.59. The van der Waals surface area contributed by atoms with Gasteiger partial charge in [-0.05, 0) is 38.1 Å². The van der Waals surface area contributed by atoms with Crippen LogP contribution < -0.4 is 10.6 Å². The zero-order valence-electron chi connectivity index (χ0n) is 10.9. The molecule has 1 unspecified atom stereocenters. The van der Waals surface area contributed by atoms with Crippen LogP contribution >= 0.6 is 0 Å². The minimum absolute atomic E-state index is 0.155. The van der Waals surface area contributed by atoms with E-state index < -0.39 is 23.7 Å². The Labute approximate surface area is 111 Å². The molecule has 0 aromatic heterocycles. The van der Waals surface area contributed by atoms with Crippen LogP contribution in [0.4, 0.5) is 10.1 Å². The van der Waals surface area contributed by atoms with Gasteiger partial charge in [-0.15, -0.1) is 0 Å². The fraction of sp³-hybridized carbons (Fsp3) is 0.385. The van der Waals surface area contributed by atoms with Crippen molar-refractivity contribution in [1.82, 2.24) is 0 Å². The van der Waals surface area contributed by atoms with Crippen molar-refractivity contribution < 1.29 is 18.7 Å². The van der Waals surface area contributed by atoms with Gasteiger partial charge in [0, 0.05) is 12.2 Å². The molecule has 1 atom stereocenters. The van der Waals surface area contributed by atoms with Gasteiger partial charge in [-0.2, -0.15) is 0 Å². The average molecular weight is 268 g/mol. The number of carbonyl (C=O) groups is 2. The van der Waals surface area contributed by atoms with Gasteiger partial charge in [-0.25, -0.2) is 9.18 Å². The molecular formula is C13H17FN2O3. The zero-order chi connectivity index (χ0) is 14.4. The van der Waals surface area contributed by atoms with Gasteiger partial charge in [-0.3, -0.25) is 4.79 Å². The highest BCUT2D eigenvalue weighted by Crippen LogP contribution is 2.15. The number of nitrogens with zero attached hydrogens (tertiary/aromatic N) is 1. The number of nitrogens with two attached hydrogens (primary N) is 1. The molecule has 6 heteroatoms. The Morgan fingerprint density at radius 1 is 1.32 bits per heavy atom. The van der Waals surface area contributed by atoms with Crippen LogP contribution in [0.5, 0.6) is 0 Å². The molecule has 1 aromatic carbocycles. The van der Waals surface area contributed by atoms with Crippen molar-refractivity contribution in [2.45, 2.75) is 19.9 Å². The largest absolute Gasteiger partial charge is 0.464 e. The highest BCUT2D eigenvalue weighted by Gasteiger charge is 2.28. The molecule has 0 heterocycles. The Kier molecular flexibility index (Phi) is 5.44. The van der Waals surface area contributed by atoms with E-state index in [4.69, 9.17) is 10.5 Å². The van der Waals surface area contributed by atoms with E-state index in [1.54, 1.807) is 13.8 Å². The first-order valence-corrected chi connectivity index (χ1v) is 6.00. The molecular weight excluding hydrogens is 251 g/mol. The van der Waals surface area contributed by atoms with Gasteiger partial charge in [0.15, 0.2) is 6.04 Å². The van der Waals surface area contributed by atoms with Crippen LogP contribution in [-0.4, -0.2) is 31.1 Å². The molecule has 0 bridgehead atoms. The summed E-state index contributed by atoms with van der Waals surface area (Å²) in [5.41, 5.74) is 6.03. The summed E-state index contributed by atoms with van der Waals surface area (Å²) in [5, 5.41) is 0. The molecule has 1 rings (SSSR count). The molecule has 0 aliphatic carbocycles. The Hall–Kier alpha value is -1.95. The van der Waals surface area contributed by atoms with E-state index in [0.717, 1.165) is 0 Å². The quantitative estimate of drug-likeness (QED) is 0.640. The fourth-order valence-corrected chi connectivity index (χ4v) is 1.59. The topological polar surface area (TPSA) is 72.6 Å². The van der Waals surface area contributed by atoms with E-state index in [2.05, 4.69) is 0 Å². The summed E-state index contributed by atoms with van der Waals surface area (Å²) >= 11 is 0. The lowest BCUT2D eigenvalue weighted by molar-refractivity contribution is -0.147. The van der Waals surface area contributed by atoms with Crippen molar-refractivity contribution in [2.24, 2.45) is 5.73 Å². The van der Waals surface area contributed by atoms with Gasteiger partial charge in [0.05, 0.1) is 6.61 Å². The Bertz CT molecular complexity index is 448. The second-order valence-corrected chi connectivity index (χ2v) is 3.79. The second kappa shape index (κ2) is 6.84. The Balaban J connectivity index is 2.87. The number of ether oxygens (including phenoxy) is 1. The molecule has 0 aliphatic heterocycles. The predicted molar refractivity (Wildman–Crippen MR) is 69.0 cm³/mol. The highest BCUT2D eigenvalue weighted by atomic mass is 19.1. The van der Waals surface area contributed by atoms with Gasteiger partial charge in [-0.1, -0.05) is 0 Å². The Morgan fingerprint density at radius 2 is 1.89 bits per heavy atom. The number of benzene rings is 1. The molecule has 0 radical (unpaired) electrons. The van der Waals surface area contributed by atoms with E-state index in [0.29, 0.717) is 12.2 Å². The van der Waals surface area contributed by atoms with Crippen LogP contribution in [0.2, 0.25) is 0 Å². The van der Waals surface area contributed by atoms with Gasteiger partial charge in [0.25, 0.3) is 5.91 Å². The first kappa shape index (κ1) is 15.1. The summed E-state index contributed by atoms with van der Waals surface area (Å²) in [6, 6.07) is 4.01. The van der Waals surface area contributed by atoms with Gasteiger partial charge in [0.1, 0.15) is 5.82 Å². The van der Waals surface area contributed by atoms with Crippen molar-refractivity contribution in [3.8, 4) is 0 Å². The molecule has 0 saturated heterocycles. The molecule has 104 valence electrons. The number of hydrogen-bond donors (Lipinski definition) is 1. The van der Waals surface area contributed by atoms with E-state index in [-0.39, 0.29) is 6.61 Å². The highest BCUT2D eigenvalue weighted by molar-refractivity contribution is 6.09. The maximum absolute atomic E-state index is 12.8. The van der Waals surface area contributed by atoms with Gasteiger partial charge >= 0.3 is 5.97 Å². The number of likely N-dealkylation sites (N-methyl/N-ethyl adjacent to an activating group) is 1. The summed E-state index contributed by atoms with van der Waals surface area (Å²) < 4.78 is 17.5. The third-order valence-electron chi connectivity index (χ3n) is 2.53. The summed E-state index contributed by atoms with van der Waals surface area (Å²) in [6.45, 7) is 3.84. The van der Waals surface area contributed by atoms with E-state index >= 15 is 0 Å². The predicted octanol–water partition coefficient (Wildman–Crippen LogP) is 1.07. The van der Waals surface area contributed by atoms with Crippen LogP contribution in [0.3, 0.4) is 0 Å². The molecule has 5 nitrogen and oxygen atoms in total. The van der Waals surface area contributed by atoms with Crippen molar-refractivity contribution in [1.29, 1.82) is 0 Å². The molecule has 19 heavy (non-hydrogen) atoms. The SMILES string of the molecule is CCOC(=O)C(N)C(=O)N(CC)c1ccc(F)cc1. The molecule has 2 N–H and O–H groups in total. The zero-order valence-corrected chi connectivity index (χ0v) is 10.9. The average Bonchev–Trinajstić information content (AvgIpc) is 2.41. The smallest absolute Gasteiger partial charge is 0.332 e. The van der Waals surface area contributed by atoms with Gasteiger partial charge in [0.2, 0.25) is 0 Å². The third-order valence-corrected chi connectivity index (χ3v) is 2.53. The second-order valence-electron chi connectivity index (χ2n) is 3.79. The minimum atomic E-state index is -1.37. The van der Waals surface area contributed by atoms with Crippen LogP contribution in [0.15, 0.2) is 24.3 Å². The van der Waals surface area contributed by atoms with Crippen molar-refractivity contribution in [3.63, 3.8) is 0 Å². The first-order valence-electron chi connectivity index (χ1n) is 6.00. The van der Waals surface area contributed by atoms with E-state index in [1.165, 1.54) is 29.2 Å². The maximum atomic E-state index is 12.8. The monoisotopic (exact) mass is 268 g/mol. The molecule has 0 saturated carbocycles. The first-order chi connectivity index (χ1) is 9.01. The lowest BCUT2D eigenvalue weighted by Gasteiger charge is -2.23. The van der Waals surface area contributed by atoms with Crippen LogP contribution in [0.25, 0.3) is 0 Å². The van der Waals surface area contributed by atoms with E-state index in [9.17, 15) is 14.0 Å². The number of hydrogen-bond acceptors (Lipinski definition) is 4. The van der Waals surface area contributed by atoms with Crippen molar-refractivity contribution >= 4 is 17.6 Å². The molecule has 0 aliphatic rings. The minimum Gasteiger partial charge on any atom is -0.464 e. The lowest BCUT2D eigenvalue weighted by Crippen LogP contribution is -2.49. The Morgan fingerprint density at radius 3 is 2.37 bits per heavy atom. The maximum Gasteiger partial charge on any atom is 0.332 e. The van der Waals surface area contributed by atoms with Crippen molar-refractivity contribution in [3.05, 3.63) is 30.1 Å². The molecule has 0 fully saturated rings. The lowest BCUT2D eigenvalue weighted by atomic mass is 10.2. The van der Waals surface area contributed by atoms with Crippen LogP contribution in [0.1, 0.15) is 13.8 Å². The van der Waals surface area contributed by atoms with Crippen LogP contribution in [0, 0.1) is 5.82 Å². The van der Waals surface area contributed by atoms with Crippen LogP contribution in [-0.2, 0) is 14.3 Å². The summed E-state index contributed by atoms with van der Waals surface area (Å²) in [5.74, 6) is -1.75. The third kappa shape index (κ3) is 3.75. The number of esters is 1. The van der Waals surface area contributed by atoms with Crippen molar-refractivity contribution in [2.75, 3.05) is 18.1 Å².